The molecule has 192 valence electrons. The van der Waals surface area contributed by atoms with E-state index in [0.29, 0.717) is 13.1 Å². The van der Waals surface area contributed by atoms with Gasteiger partial charge in [-0.15, -0.1) is 0 Å². The molecule has 2 aromatic carbocycles. The molecule has 0 N–H and O–H groups in total. The third kappa shape index (κ3) is 5.36. The third-order valence-corrected chi connectivity index (χ3v) is 8.44. The van der Waals surface area contributed by atoms with Gasteiger partial charge in [0.25, 0.3) is 11.8 Å². The summed E-state index contributed by atoms with van der Waals surface area (Å²) in [6.07, 6.45) is 7.51. The molecular formula is C31H41N3O2. The minimum Gasteiger partial charge on any atom is -0.336 e. The second-order valence-corrected chi connectivity index (χ2v) is 11.9. The number of nitrogens with zero attached hydrogens (tertiary/aromatic N) is 3. The van der Waals surface area contributed by atoms with Crippen LogP contribution in [0.25, 0.3) is 0 Å². The predicted molar refractivity (Wildman–Crippen MR) is 144 cm³/mol. The van der Waals surface area contributed by atoms with Gasteiger partial charge in [0.05, 0.1) is 0 Å². The lowest BCUT2D eigenvalue weighted by Crippen LogP contribution is -2.52. The fraction of sp³-hybridized carbons (Fsp3) is 0.548. The average molecular weight is 488 g/mol. The Labute approximate surface area is 216 Å². The normalized spacial score (nSPS) is 19.8. The SMILES string of the molecule is CC(C)(C)c1ccc(C(=O)N2CCc3cc(C(=O)N4CCN(C5CCCCC5)CC4)ccc3C2)cc1. The fourth-order valence-corrected chi connectivity index (χ4v) is 6.07. The quantitative estimate of drug-likeness (QED) is 0.592. The van der Waals surface area contributed by atoms with Crippen LogP contribution in [-0.2, 0) is 18.4 Å². The van der Waals surface area contributed by atoms with Crippen LogP contribution in [0.4, 0.5) is 0 Å². The highest BCUT2D eigenvalue weighted by Crippen LogP contribution is 2.26. The second-order valence-electron chi connectivity index (χ2n) is 11.9. The number of hydrogen-bond acceptors (Lipinski definition) is 3. The molecule has 0 unspecified atom stereocenters. The minimum absolute atomic E-state index is 0.0732. The van der Waals surface area contributed by atoms with Crippen molar-refractivity contribution in [3.63, 3.8) is 0 Å². The molecule has 2 heterocycles. The molecule has 0 atom stereocenters. The van der Waals surface area contributed by atoms with E-state index in [2.05, 4.69) is 49.9 Å². The number of benzene rings is 2. The standard InChI is InChI=1S/C31H41N3O2/c1-31(2,3)27-13-11-23(12-14-27)29(35)34-16-15-24-21-25(9-10-26(24)22-34)30(36)33-19-17-32(18-20-33)28-7-5-4-6-8-28/h9-14,21,28H,4-8,15-20,22H2,1-3H3. The summed E-state index contributed by atoms with van der Waals surface area (Å²) in [5.41, 5.74) is 5.19. The van der Waals surface area contributed by atoms with Crippen molar-refractivity contribution in [2.24, 2.45) is 0 Å². The van der Waals surface area contributed by atoms with E-state index in [0.717, 1.165) is 55.3 Å². The first-order chi connectivity index (χ1) is 17.3. The van der Waals surface area contributed by atoms with E-state index >= 15 is 0 Å². The summed E-state index contributed by atoms with van der Waals surface area (Å²) in [5.74, 6) is 0.232. The molecule has 2 aromatic rings. The second kappa shape index (κ2) is 10.4. The monoisotopic (exact) mass is 487 g/mol. The molecule has 2 aliphatic heterocycles. The lowest BCUT2D eigenvalue weighted by molar-refractivity contribution is 0.0522. The molecule has 1 saturated heterocycles. The molecule has 1 aliphatic carbocycles. The molecule has 5 rings (SSSR count). The number of carbonyl (C=O) groups is 2. The summed E-state index contributed by atoms with van der Waals surface area (Å²) < 4.78 is 0. The van der Waals surface area contributed by atoms with Crippen molar-refractivity contribution < 1.29 is 9.59 Å². The van der Waals surface area contributed by atoms with Gasteiger partial charge in [-0.1, -0.05) is 58.2 Å². The van der Waals surface area contributed by atoms with Gasteiger partial charge in [0.1, 0.15) is 0 Å². The zero-order chi connectivity index (χ0) is 25.3. The zero-order valence-electron chi connectivity index (χ0n) is 22.3. The summed E-state index contributed by atoms with van der Waals surface area (Å²) in [6, 6.07) is 14.9. The molecule has 0 spiro atoms. The van der Waals surface area contributed by atoms with Crippen molar-refractivity contribution in [1.82, 2.24) is 14.7 Å². The van der Waals surface area contributed by atoms with E-state index < -0.39 is 0 Å². The molecule has 36 heavy (non-hydrogen) atoms. The van der Waals surface area contributed by atoms with E-state index in [9.17, 15) is 9.59 Å². The maximum absolute atomic E-state index is 13.3. The zero-order valence-corrected chi connectivity index (χ0v) is 22.3. The first-order valence-corrected chi connectivity index (χ1v) is 13.8. The van der Waals surface area contributed by atoms with E-state index in [4.69, 9.17) is 0 Å². The molecule has 3 aliphatic rings. The van der Waals surface area contributed by atoms with Crippen molar-refractivity contribution in [1.29, 1.82) is 0 Å². The van der Waals surface area contributed by atoms with E-state index in [1.54, 1.807) is 0 Å². The van der Waals surface area contributed by atoms with Crippen LogP contribution >= 0.6 is 0 Å². The van der Waals surface area contributed by atoms with Crippen molar-refractivity contribution in [2.45, 2.75) is 77.3 Å². The largest absolute Gasteiger partial charge is 0.336 e. The van der Waals surface area contributed by atoms with Crippen LogP contribution < -0.4 is 0 Å². The van der Waals surface area contributed by atoms with Crippen molar-refractivity contribution in [3.8, 4) is 0 Å². The molecule has 5 heteroatoms. The Morgan fingerprint density at radius 3 is 2.03 bits per heavy atom. The summed E-state index contributed by atoms with van der Waals surface area (Å²) >= 11 is 0. The molecule has 0 radical (unpaired) electrons. The smallest absolute Gasteiger partial charge is 0.254 e. The highest BCUT2D eigenvalue weighted by molar-refractivity contribution is 5.95. The minimum atomic E-state index is 0.0732. The Morgan fingerprint density at radius 2 is 1.36 bits per heavy atom. The number of piperazine rings is 1. The maximum Gasteiger partial charge on any atom is 0.254 e. The van der Waals surface area contributed by atoms with E-state index in [1.165, 1.54) is 43.2 Å². The Balaban J connectivity index is 1.19. The van der Waals surface area contributed by atoms with Crippen molar-refractivity contribution >= 4 is 11.8 Å². The van der Waals surface area contributed by atoms with Gasteiger partial charge in [-0.3, -0.25) is 14.5 Å². The van der Waals surface area contributed by atoms with Crippen molar-refractivity contribution in [3.05, 3.63) is 70.3 Å². The molecule has 2 fully saturated rings. The molecule has 5 nitrogen and oxygen atoms in total. The van der Waals surface area contributed by atoms with Gasteiger partial charge in [-0.05, 0) is 65.6 Å². The van der Waals surface area contributed by atoms with Crippen LogP contribution in [0.15, 0.2) is 42.5 Å². The Kier molecular flexibility index (Phi) is 7.21. The van der Waals surface area contributed by atoms with Crippen molar-refractivity contribution in [2.75, 3.05) is 32.7 Å². The summed E-state index contributed by atoms with van der Waals surface area (Å²) in [7, 11) is 0. The Morgan fingerprint density at radius 1 is 0.722 bits per heavy atom. The predicted octanol–water partition coefficient (Wildman–Crippen LogP) is 5.27. The number of hydrogen-bond donors (Lipinski definition) is 0. The lowest BCUT2D eigenvalue weighted by Gasteiger charge is -2.40. The van der Waals surface area contributed by atoms with Gasteiger partial charge < -0.3 is 9.80 Å². The molecule has 1 saturated carbocycles. The Bertz CT molecular complexity index is 1090. The average Bonchev–Trinajstić information content (AvgIpc) is 2.92. The third-order valence-electron chi connectivity index (χ3n) is 8.44. The van der Waals surface area contributed by atoms with Crippen LogP contribution in [0.1, 0.15) is 90.3 Å². The number of carbonyl (C=O) groups excluding carboxylic acids is 2. The van der Waals surface area contributed by atoms with E-state index in [1.807, 2.05) is 28.0 Å². The van der Waals surface area contributed by atoms with Crippen LogP contribution in [0.3, 0.4) is 0 Å². The van der Waals surface area contributed by atoms with Gasteiger partial charge in [-0.2, -0.15) is 0 Å². The summed E-state index contributed by atoms with van der Waals surface area (Å²) in [6.45, 7) is 11.5. The van der Waals surface area contributed by atoms with Crippen LogP contribution in [0.2, 0.25) is 0 Å². The molecule has 2 amide bonds. The van der Waals surface area contributed by atoms with E-state index in [-0.39, 0.29) is 17.2 Å². The van der Waals surface area contributed by atoms with Gasteiger partial charge in [0.2, 0.25) is 0 Å². The van der Waals surface area contributed by atoms with Gasteiger partial charge in [0.15, 0.2) is 0 Å². The van der Waals surface area contributed by atoms with Crippen LogP contribution in [0, 0.1) is 0 Å². The molecule has 0 bridgehead atoms. The van der Waals surface area contributed by atoms with Gasteiger partial charge in [0, 0.05) is 56.4 Å². The topological polar surface area (TPSA) is 43.9 Å². The number of fused-ring (bicyclic) bond motifs is 1. The van der Waals surface area contributed by atoms with Crippen LogP contribution in [-0.4, -0.2) is 65.3 Å². The molecule has 0 aromatic heterocycles. The summed E-state index contributed by atoms with van der Waals surface area (Å²) in [4.78, 5) is 33.0. The highest BCUT2D eigenvalue weighted by Gasteiger charge is 2.28. The number of rotatable bonds is 3. The highest BCUT2D eigenvalue weighted by atomic mass is 16.2. The number of amides is 2. The Hall–Kier alpha value is -2.66. The lowest BCUT2D eigenvalue weighted by atomic mass is 9.86. The first kappa shape index (κ1) is 25.0. The summed E-state index contributed by atoms with van der Waals surface area (Å²) in [5, 5.41) is 0. The maximum atomic E-state index is 13.3. The fourth-order valence-electron chi connectivity index (χ4n) is 6.07. The molecular weight excluding hydrogens is 446 g/mol. The van der Waals surface area contributed by atoms with Gasteiger partial charge in [-0.25, -0.2) is 0 Å². The van der Waals surface area contributed by atoms with Gasteiger partial charge >= 0.3 is 0 Å². The first-order valence-electron chi connectivity index (χ1n) is 13.8. The van der Waals surface area contributed by atoms with Crippen LogP contribution in [0.5, 0.6) is 0 Å².